The third-order valence-corrected chi connectivity index (χ3v) is 4.82. The lowest BCUT2D eigenvalue weighted by Crippen LogP contribution is -2.27. The van der Waals surface area contributed by atoms with Crippen LogP contribution in [0.2, 0.25) is 0 Å². The highest BCUT2D eigenvalue weighted by molar-refractivity contribution is 5.72. The number of amides is 1. The Kier molecular flexibility index (Phi) is 5.04. The molecule has 29 heavy (non-hydrogen) atoms. The Bertz CT molecular complexity index is 1160. The van der Waals surface area contributed by atoms with Gasteiger partial charge in [0.2, 0.25) is 0 Å². The number of aromatic nitrogens is 2. The van der Waals surface area contributed by atoms with Crippen LogP contribution in [0.15, 0.2) is 66.9 Å². The summed E-state index contributed by atoms with van der Waals surface area (Å²) in [5.74, 6) is 0.515. The van der Waals surface area contributed by atoms with Crippen molar-refractivity contribution in [1.82, 2.24) is 14.7 Å². The van der Waals surface area contributed by atoms with E-state index in [0.717, 1.165) is 33.7 Å². The first-order valence-corrected chi connectivity index (χ1v) is 9.56. The summed E-state index contributed by atoms with van der Waals surface area (Å²) in [4.78, 5) is 17.1. The normalized spacial score (nSPS) is 10.9. The molecule has 2 aromatic heterocycles. The molecule has 146 valence electrons. The number of carbonyl (C=O) groups excluding carboxylic acids is 1. The topological polar surface area (TPSA) is 55.6 Å². The zero-order valence-electron chi connectivity index (χ0n) is 16.8. The summed E-state index contributed by atoms with van der Waals surface area (Å²) in [6, 6.07) is 19.6. The molecule has 5 nitrogen and oxygen atoms in total. The highest BCUT2D eigenvalue weighted by Gasteiger charge is 2.15. The Morgan fingerprint density at radius 3 is 2.21 bits per heavy atom. The number of aryl methyl sites for hydroxylation is 3. The minimum absolute atomic E-state index is 0.304. The van der Waals surface area contributed by atoms with E-state index in [1.54, 1.807) is 12.1 Å². The molecule has 0 fully saturated rings. The van der Waals surface area contributed by atoms with Crippen molar-refractivity contribution in [3.8, 4) is 17.0 Å². The average molecular weight is 385 g/mol. The van der Waals surface area contributed by atoms with Crippen LogP contribution in [-0.4, -0.2) is 15.5 Å². The van der Waals surface area contributed by atoms with Gasteiger partial charge in [0.1, 0.15) is 11.4 Å². The van der Waals surface area contributed by atoms with Crippen LogP contribution in [0.4, 0.5) is 4.79 Å². The van der Waals surface area contributed by atoms with Crippen LogP contribution >= 0.6 is 0 Å². The first kappa shape index (κ1) is 18.7. The third-order valence-electron chi connectivity index (χ3n) is 4.82. The quantitative estimate of drug-likeness (QED) is 0.524. The molecule has 0 bridgehead atoms. The van der Waals surface area contributed by atoms with Gasteiger partial charge < -0.3 is 14.5 Å². The fraction of sp³-hybridized carbons (Fsp3) is 0.167. The molecule has 4 aromatic rings. The van der Waals surface area contributed by atoms with Gasteiger partial charge in [0.15, 0.2) is 0 Å². The molecule has 1 N–H and O–H groups in total. The predicted octanol–water partition coefficient (Wildman–Crippen LogP) is 5.22. The monoisotopic (exact) mass is 385 g/mol. The van der Waals surface area contributed by atoms with Gasteiger partial charge in [-0.2, -0.15) is 0 Å². The highest BCUT2D eigenvalue weighted by Crippen LogP contribution is 2.25. The molecule has 5 heteroatoms. The van der Waals surface area contributed by atoms with Gasteiger partial charge in [-0.3, -0.25) is 0 Å². The number of benzene rings is 2. The second-order valence-electron chi connectivity index (χ2n) is 7.26. The number of nitrogens with one attached hydrogen (secondary N) is 1. The Morgan fingerprint density at radius 2 is 1.52 bits per heavy atom. The largest absolute Gasteiger partial charge is 0.412 e. The molecule has 0 saturated carbocycles. The highest BCUT2D eigenvalue weighted by atomic mass is 16.6. The van der Waals surface area contributed by atoms with Crippen LogP contribution < -0.4 is 10.1 Å². The Labute approximate surface area is 170 Å². The van der Waals surface area contributed by atoms with Gasteiger partial charge in [-0.25, -0.2) is 9.78 Å². The lowest BCUT2D eigenvalue weighted by Gasteiger charge is -2.09. The van der Waals surface area contributed by atoms with E-state index in [4.69, 9.17) is 9.72 Å². The summed E-state index contributed by atoms with van der Waals surface area (Å²) in [6.07, 6.45) is 1.54. The maximum Gasteiger partial charge on any atom is 0.412 e. The Balaban J connectivity index is 1.61. The summed E-state index contributed by atoms with van der Waals surface area (Å²) in [7, 11) is 0. The second-order valence-corrected chi connectivity index (χ2v) is 7.26. The molecule has 0 spiro atoms. The molecule has 2 heterocycles. The molecular weight excluding hydrogens is 362 g/mol. The number of fused-ring (bicyclic) bond motifs is 1. The van der Waals surface area contributed by atoms with Crippen LogP contribution in [0, 0.1) is 20.8 Å². The Morgan fingerprint density at radius 1 is 0.897 bits per heavy atom. The van der Waals surface area contributed by atoms with E-state index in [-0.39, 0.29) is 0 Å². The molecule has 0 atom stereocenters. The molecular formula is C24H23N3O2. The van der Waals surface area contributed by atoms with Crippen molar-refractivity contribution >= 4 is 11.7 Å². The number of hydrogen-bond acceptors (Lipinski definition) is 3. The smallest absolute Gasteiger partial charge is 0.410 e. The first-order valence-electron chi connectivity index (χ1n) is 9.56. The number of rotatable bonds is 4. The summed E-state index contributed by atoms with van der Waals surface area (Å²) in [5.41, 5.74) is 7.04. The van der Waals surface area contributed by atoms with Crippen molar-refractivity contribution in [3.05, 3.63) is 89.2 Å². The van der Waals surface area contributed by atoms with E-state index >= 15 is 0 Å². The van der Waals surface area contributed by atoms with Crippen molar-refractivity contribution in [3.63, 3.8) is 0 Å². The molecule has 0 aliphatic carbocycles. The van der Waals surface area contributed by atoms with Gasteiger partial charge in [-0.1, -0.05) is 53.6 Å². The Hall–Kier alpha value is -3.60. The fourth-order valence-electron chi connectivity index (χ4n) is 3.22. The van der Waals surface area contributed by atoms with Gasteiger partial charge in [0.05, 0.1) is 17.9 Å². The van der Waals surface area contributed by atoms with Crippen molar-refractivity contribution < 1.29 is 9.53 Å². The molecule has 2 aromatic carbocycles. The average Bonchev–Trinajstić information content (AvgIpc) is 3.06. The number of pyridine rings is 1. The zero-order valence-corrected chi connectivity index (χ0v) is 16.8. The lowest BCUT2D eigenvalue weighted by molar-refractivity contribution is 0.200. The number of carbonyl (C=O) groups is 1. The van der Waals surface area contributed by atoms with Gasteiger partial charge >= 0.3 is 6.09 Å². The second kappa shape index (κ2) is 7.80. The van der Waals surface area contributed by atoms with Crippen molar-refractivity contribution in [2.75, 3.05) is 0 Å². The number of nitrogens with zero attached hydrogens (tertiary/aromatic N) is 2. The minimum Gasteiger partial charge on any atom is -0.410 e. The van der Waals surface area contributed by atoms with Crippen molar-refractivity contribution in [1.29, 1.82) is 0 Å². The van der Waals surface area contributed by atoms with E-state index in [9.17, 15) is 4.79 Å². The number of hydrogen-bond donors (Lipinski definition) is 1. The lowest BCUT2D eigenvalue weighted by atomic mass is 10.1. The third kappa shape index (κ3) is 4.14. The summed E-state index contributed by atoms with van der Waals surface area (Å²) in [5, 5.41) is 2.86. The number of ether oxygens (including phenoxy) is 1. The summed E-state index contributed by atoms with van der Waals surface area (Å²) in [6.45, 7) is 6.38. The van der Waals surface area contributed by atoms with E-state index in [1.165, 1.54) is 5.56 Å². The molecule has 4 rings (SSSR count). The van der Waals surface area contributed by atoms with Crippen LogP contribution in [0.5, 0.6) is 5.75 Å². The van der Waals surface area contributed by atoms with Crippen LogP contribution in [-0.2, 0) is 6.54 Å². The minimum atomic E-state index is -0.494. The number of imidazole rings is 1. The van der Waals surface area contributed by atoms with Gasteiger partial charge in [-0.05, 0) is 44.5 Å². The van der Waals surface area contributed by atoms with Crippen LogP contribution in [0.3, 0.4) is 0 Å². The van der Waals surface area contributed by atoms with Gasteiger partial charge in [0.25, 0.3) is 0 Å². The maximum atomic E-state index is 12.3. The predicted molar refractivity (Wildman–Crippen MR) is 114 cm³/mol. The molecule has 0 unspecified atom stereocenters. The first-order chi connectivity index (χ1) is 14.0. The van der Waals surface area contributed by atoms with E-state index in [1.807, 2.05) is 48.7 Å². The van der Waals surface area contributed by atoms with Crippen LogP contribution in [0.25, 0.3) is 16.9 Å². The summed E-state index contributed by atoms with van der Waals surface area (Å²) < 4.78 is 7.41. The van der Waals surface area contributed by atoms with Crippen LogP contribution in [0.1, 0.15) is 22.4 Å². The molecule has 0 aliphatic heterocycles. The van der Waals surface area contributed by atoms with E-state index in [2.05, 4.69) is 36.5 Å². The molecule has 0 radical (unpaired) electrons. The standard InChI is InChI=1S/C24H23N3O2/c1-16-4-9-19(10-5-16)23-21(27-15-18(3)8-13-22(27)26-23)14-25-24(28)29-20-11-6-17(2)7-12-20/h4-13,15H,14H2,1-3H3,(H,25,28). The van der Waals surface area contributed by atoms with Crippen molar-refractivity contribution in [2.45, 2.75) is 27.3 Å². The maximum absolute atomic E-state index is 12.3. The SMILES string of the molecule is Cc1ccc(OC(=O)NCc2c(-c3ccc(C)cc3)nc3ccc(C)cn23)cc1. The zero-order chi connectivity index (χ0) is 20.4. The fourth-order valence-corrected chi connectivity index (χ4v) is 3.22. The van der Waals surface area contributed by atoms with Crippen molar-refractivity contribution in [2.24, 2.45) is 0 Å². The molecule has 0 saturated heterocycles. The van der Waals surface area contributed by atoms with E-state index < -0.39 is 6.09 Å². The van der Waals surface area contributed by atoms with Gasteiger partial charge in [0, 0.05) is 11.8 Å². The summed E-state index contributed by atoms with van der Waals surface area (Å²) >= 11 is 0. The van der Waals surface area contributed by atoms with E-state index in [0.29, 0.717) is 12.3 Å². The molecule has 0 aliphatic rings. The molecule has 1 amide bonds. The van der Waals surface area contributed by atoms with Gasteiger partial charge in [-0.15, -0.1) is 0 Å².